The first-order valence-electron chi connectivity index (χ1n) is 0. The van der Waals surface area contributed by atoms with Gasteiger partial charge in [0.05, 0.1) is 0 Å². The monoisotopic (exact) mass is 649 g/mol. The molecule has 0 aromatic heterocycles. The minimum atomic E-state index is 0. The molecule has 0 aliphatic heterocycles. The molecule has 0 fully saturated rings. The van der Waals surface area contributed by atoms with E-state index < -0.39 is 0 Å². The van der Waals surface area contributed by atoms with Gasteiger partial charge in [0, 0.05) is 22.4 Å². The van der Waals surface area contributed by atoms with Crippen LogP contribution in [0.4, 0.5) is 0 Å². The number of rotatable bonds is 0. The summed E-state index contributed by atoms with van der Waals surface area (Å²) in [6, 6.07) is 0. The Hall–Kier alpha value is 3.29. The molecule has 0 spiro atoms. The molecule has 0 N–H and O–H groups in total. The van der Waals surface area contributed by atoms with E-state index in [1.807, 2.05) is 0 Å². The van der Waals surface area contributed by atoms with Crippen molar-refractivity contribution in [2.45, 2.75) is 0 Å². The van der Waals surface area contributed by atoms with Gasteiger partial charge in [-0.1, -0.05) is 0 Å². The van der Waals surface area contributed by atoms with Gasteiger partial charge in [-0.25, -0.2) is 0 Å². The van der Waals surface area contributed by atoms with Crippen molar-refractivity contribution < 1.29 is 22.4 Å². The summed E-state index contributed by atoms with van der Waals surface area (Å²) in [6.45, 7) is 0. The van der Waals surface area contributed by atoms with Gasteiger partial charge in [-0.05, 0) is 0 Å². The molecule has 0 aliphatic carbocycles. The summed E-state index contributed by atoms with van der Waals surface area (Å²) >= 11 is 0. The zero-order chi connectivity index (χ0) is 0. The van der Waals surface area contributed by atoms with Gasteiger partial charge < -0.3 is 0 Å². The molecule has 0 saturated heterocycles. The molecule has 0 nitrogen and oxygen atoms in total. The molecule has 0 aromatic carbocycles. The zero-order valence-corrected chi connectivity index (χ0v) is 13.4. The minimum absolute atomic E-state index is 0. The molecule has 0 amide bonds. The van der Waals surface area contributed by atoms with Crippen LogP contribution in [0, 0.1) is 0 Å². The van der Waals surface area contributed by atoms with Gasteiger partial charge in [0.15, 0.2) is 0 Å². The molecule has 4 heteroatoms. The van der Waals surface area contributed by atoms with E-state index in [1.165, 1.54) is 0 Å². The summed E-state index contributed by atoms with van der Waals surface area (Å²) in [5.74, 6) is 0. The van der Waals surface area contributed by atoms with Crippen LogP contribution in [-0.4, -0.2) is 76.0 Å². The molecule has 3 radical (unpaired) electrons. The van der Waals surface area contributed by atoms with Crippen molar-refractivity contribution in [3.05, 3.63) is 0 Å². The van der Waals surface area contributed by atoms with Crippen LogP contribution in [0.1, 0.15) is 0 Å². The Labute approximate surface area is 96.2 Å². The van der Waals surface area contributed by atoms with Crippen molar-refractivity contribution >= 4 is 76.0 Å². The second-order valence-corrected chi connectivity index (χ2v) is 0. The third-order valence-corrected chi connectivity index (χ3v) is 0. The van der Waals surface area contributed by atoms with Crippen molar-refractivity contribution in [2.24, 2.45) is 0 Å². The molecule has 0 rings (SSSR count). The van der Waals surface area contributed by atoms with Crippen molar-refractivity contribution in [2.75, 3.05) is 0 Å². The van der Waals surface area contributed by atoms with Gasteiger partial charge in [0.2, 0.25) is 0 Å². The molecule has 0 bridgehead atoms. The first-order valence-corrected chi connectivity index (χ1v) is 0. The molecular weight excluding hydrogens is 639 g/mol. The summed E-state index contributed by atoms with van der Waals surface area (Å²) in [6.07, 6.45) is 0. The second-order valence-electron chi connectivity index (χ2n) is 0. The van der Waals surface area contributed by atoms with E-state index in [-0.39, 0.29) is 98.3 Å². The van der Waals surface area contributed by atoms with E-state index in [9.17, 15) is 0 Å². The summed E-state index contributed by atoms with van der Waals surface area (Å²) in [4.78, 5) is 0. The van der Waals surface area contributed by atoms with Gasteiger partial charge in [-0.3, -0.25) is 0 Å². The van der Waals surface area contributed by atoms with Crippen molar-refractivity contribution in [3.8, 4) is 0 Å². The van der Waals surface area contributed by atoms with Crippen LogP contribution in [0.25, 0.3) is 0 Å². The molecular formula is H8AuBiInSn. The van der Waals surface area contributed by atoms with Gasteiger partial charge in [0.1, 0.15) is 0 Å². The summed E-state index contributed by atoms with van der Waals surface area (Å²) in [7, 11) is 0. The predicted octanol–water partition coefficient (Wildman–Crippen LogP) is -3.29. The topological polar surface area (TPSA) is 0 Å². The maximum absolute atomic E-state index is 0. The van der Waals surface area contributed by atoms with Gasteiger partial charge in [-0.15, -0.1) is 0 Å². The van der Waals surface area contributed by atoms with E-state index in [4.69, 9.17) is 0 Å². The Morgan fingerprint density at radius 3 is 1.00 bits per heavy atom. The van der Waals surface area contributed by atoms with Crippen LogP contribution in [0.5, 0.6) is 0 Å². The number of hydrogen-bond donors (Lipinski definition) is 0. The van der Waals surface area contributed by atoms with Crippen LogP contribution in [0.2, 0.25) is 0 Å². The van der Waals surface area contributed by atoms with Crippen LogP contribution in [0.3, 0.4) is 0 Å². The van der Waals surface area contributed by atoms with Crippen molar-refractivity contribution in [1.82, 2.24) is 0 Å². The average molecular weight is 648 g/mol. The van der Waals surface area contributed by atoms with E-state index in [2.05, 4.69) is 0 Å². The van der Waals surface area contributed by atoms with Gasteiger partial charge in [-0.2, -0.15) is 0 Å². The molecule has 0 heterocycles. The summed E-state index contributed by atoms with van der Waals surface area (Å²) in [5.41, 5.74) is 0. The predicted molar refractivity (Wildman–Crippen MR) is 28.4 cm³/mol. The van der Waals surface area contributed by atoms with Crippen molar-refractivity contribution in [1.29, 1.82) is 0 Å². The Kier molecular flexibility index (Phi) is 108. The van der Waals surface area contributed by atoms with E-state index >= 15 is 0 Å². The standard InChI is InChI=1S/Au.Bi.In.Sn.8H. The third kappa shape index (κ3) is 9.00. The van der Waals surface area contributed by atoms with Crippen LogP contribution < -0.4 is 0 Å². The molecule has 0 saturated carbocycles. The molecule has 0 aliphatic rings. The van der Waals surface area contributed by atoms with Crippen LogP contribution in [0.15, 0.2) is 0 Å². The fourth-order valence-corrected chi connectivity index (χ4v) is 0. The van der Waals surface area contributed by atoms with Gasteiger partial charge >= 0.3 is 76.0 Å². The SMILES string of the molecule is [Au].[BiH3].[InH3].[SnH2]. The van der Waals surface area contributed by atoms with Gasteiger partial charge in [0.25, 0.3) is 0 Å². The maximum atomic E-state index is 0. The Bertz CT molecular complexity index is 8.00. The molecule has 0 unspecified atom stereocenters. The summed E-state index contributed by atoms with van der Waals surface area (Å²) < 4.78 is 0. The molecule has 0 aromatic rings. The van der Waals surface area contributed by atoms with E-state index in [0.29, 0.717) is 0 Å². The zero-order valence-electron chi connectivity index (χ0n) is 1.72. The molecule has 31 valence electrons. The Morgan fingerprint density at radius 2 is 1.00 bits per heavy atom. The van der Waals surface area contributed by atoms with E-state index in [1.54, 1.807) is 0 Å². The Balaban J connectivity index is 0. The fourth-order valence-electron chi connectivity index (χ4n) is 0. The number of hydrogen-bond acceptors (Lipinski definition) is 0. The normalized spacial score (nSPS) is 0. The summed E-state index contributed by atoms with van der Waals surface area (Å²) in [5, 5.41) is 0. The second kappa shape index (κ2) is 16.3. The van der Waals surface area contributed by atoms with Crippen LogP contribution >= 0.6 is 0 Å². The average Bonchev–Trinajstić information content (AvgIpc) is 0. The van der Waals surface area contributed by atoms with Crippen molar-refractivity contribution in [3.63, 3.8) is 0 Å². The van der Waals surface area contributed by atoms with E-state index in [0.717, 1.165) is 0 Å². The molecule has 0 atom stereocenters. The fraction of sp³-hybridized carbons (Fsp3) is 0. The van der Waals surface area contributed by atoms with Crippen LogP contribution in [-0.2, 0) is 22.4 Å². The Morgan fingerprint density at radius 1 is 1.00 bits per heavy atom. The quantitative estimate of drug-likeness (QED) is 0.242. The first kappa shape index (κ1) is 26.6. The molecule has 4 heavy (non-hydrogen) atoms. The third-order valence-electron chi connectivity index (χ3n) is 0. The first-order chi connectivity index (χ1) is 0.